The molecule has 4 nitrogen and oxygen atoms in total. The highest BCUT2D eigenvalue weighted by atomic mass is 35.5. The number of sulfone groups is 1. The molecular formula is C13H22ClNO3S. The summed E-state index contributed by atoms with van der Waals surface area (Å²) in [5.74, 6) is 0.572. The number of carbonyl (C=O) groups is 1. The monoisotopic (exact) mass is 307 g/mol. The lowest BCUT2D eigenvalue weighted by Crippen LogP contribution is -2.54. The number of alkyl halides is 1. The first kappa shape index (κ1) is 15.1. The minimum Gasteiger partial charge on any atom is -0.349 e. The molecule has 0 spiro atoms. The number of hydrogen-bond donors (Lipinski definition) is 1. The van der Waals surface area contributed by atoms with Crippen LogP contribution in [0.4, 0.5) is 0 Å². The van der Waals surface area contributed by atoms with Gasteiger partial charge in [-0.3, -0.25) is 4.79 Å². The number of halogens is 1. The topological polar surface area (TPSA) is 63.2 Å². The van der Waals surface area contributed by atoms with E-state index in [9.17, 15) is 13.2 Å². The molecule has 0 aromatic carbocycles. The van der Waals surface area contributed by atoms with Gasteiger partial charge in [0.05, 0.1) is 23.0 Å². The molecule has 1 saturated heterocycles. The van der Waals surface area contributed by atoms with Crippen molar-refractivity contribution < 1.29 is 13.2 Å². The molecule has 1 heterocycles. The third-order valence-corrected chi connectivity index (χ3v) is 6.62. The van der Waals surface area contributed by atoms with Gasteiger partial charge >= 0.3 is 0 Å². The SMILES string of the molecule is CC1CCCC(CCl)(NC(=O)C2CCS(=O)(=O)C2)C1. The molecule has 2 aliphatic rings. The molecule has 0 aromatic heterocycles. The Balaban J connectivity index is 2.00. The van der Waals surface area contributed by atoms with Crippen LogP contribution < -0.4 is 5.32 Å². The first-order valence-corrected chi connectivity index (χ1v) is 9.30. The van der Waals surface area contributed by atoms with Crippen molar-refractivity contribution in [1.82, 2.24) is 5.32 Å². The largest absolute Gasteiger partial charge is 0.349 e. The summed E-state index contributed by atoms with van der Waals surface area (Å²) in [6, 6.07) is 0. The lowest BCUT2D eigenvalue weighted by Gasteiger charge is -2.40. The van der Waals surface area contributed by atoms with Crippen LogP contribution in [0.3, 0.4) is 0 Å². The molecule has 0 bridgehead atoms. The number of nitrogens with one attached hydrogen (secondary N) is 1. The summed E-state index contributed by atoms with van der Waals surface area (Å²) in [5.41, 5.74) is -0.331. The van der Waals surface area contributed by atoms with Gasteiger partial charge in [-0.1, -0.05) is 19.8 Å². The van der Waals surface area contributed by atoms with Crippen LogP contribution in [-0.4, -0.2) is 37.2 Å². The fourth-order valence-corrected chi connectivity index (χ4v) is 5.34. The molecule has 1 aliphatic carbocycles. The number of hydrogen-bond acceptors (Lipinski definition) is 3. The summed E-state index contributed by atoms with van der Waals surface area (Å²) >= 11 is 6.08. The molecule has 1 saturated carbocycles. The van der Waals surface area contributed by atoms with E-state index in [1.54, 1.807) is 0 Å². The van der Waals surface area contributed by atoms with Crippen LogP contribution in [0.1, 0.15) is 39.0 Å². The van der Waals surface area contributed by atoms with E-state index in [2.05, 4.69) is 12.2 Å². The third-order valence-electron chi connectivity index (χ3n) is 4.34. The van der Waals surface area contributed by atoms with Crippen molar-refractivity contribution in [3.05, 3.63) is 0 Å². The van der Waals surface area contributed by atoms with Crippen LogP contribution in [0, 0.1) is 11.8 Å². The van der Waals surface area contributed by atoms with Gasteiger partial charge in [0.25, 0.3) is 0 Å². The highest BCUT2D eigenvalue weighted by molar-refractivity contribution is 7.91. The van der Waals surface area contributed by atoms with Crippen molar-refractivity contribution in [2.24, 2.45) is 11.8 Å². The molecule has 3 unspecified atom stereocenters. The fourth-order valence-electron chi connectivity index (χ4n) is 3.29. The van der Waals surface area contributed by atoms with Crippen molar-refractivity contribution in [3.63, 3.8) is 0 Å². The second kappa shape index (κ2) is 5.60. The van der Waals surface area contributed by atoms with Crippen LogP contribution >= 0.6 is 11.6 Å². The van der Waals surface area contributed by atoms with Gasteiger partial charge in [0, 0.05) is 5.88 Å². The minimum atomic E-state index is -3.01. The summed E-state index contributed by atoms with van der Waals surface area (Å²) in [7, 11) is -3.01. The molecule has 1 amide bonds. The molecule has 1 N–H and O–H groups in total. The third kappa shape index (κ3) is 3.63. The van der Waals surface area contributed by atoms with Crippen molar-refractivity contribution in [2.75, 3.05) is 17.4 Å². The molecule has 3 atom stereocenters. The number of carbonyl (C=O) groups excluding carboxylic acids is 1. The Morgan fingerprint density at radius 2 is 2.16 bits per heavy atom. The lowest BCUT2D eigenvalue weighted by atomic mass is 9.77. The zero-order valence-electron chi connectivity index (χ0n) is 11.3. The summed E-state index contributed by atoms with van der Waals surface area (Å²) < 4.78 is 22.9. The van der Waals surface area contributed by atoms with Crippen molar-refractivity contribution in [1.29, 1.82) is 0 Å². The Hall–Kier alpha value is -0.290. The second-order valence-electron chi connectivity index (χ2n) is 6.20. The molecule has 1 aliphatic heterocycles. The maximum atomic E-state index is 12.2. The van der Waals surface area contributed by atoms with Crippen molar-refractivity contribution >= 4 is 27.3 Å². The van der Waals surface area contributed by atoms with Gasteiger partial charge < -0.3 is 5.32 Å². The van der Waals surface area contributed by atoms with E-state index in [-0.39, 0.29) is 28.9 Å². The van der Waals surface area contributed by atoms with Gasteiger partial charge in [0.1, 0.15) is 0 Å². The molecule has 6 heteroatoms. The van der Waals surface area contributed by atoms with Crippen LogP contribution in [0.2, 0.25) is 0 Å². The fraction of sp³-hybridized carbons (Fsp3) is 0.923. The minimum absolute atomic E-state index is 0.00719. The molecule has 0 aromatic rings. The average molecular weight is 308 g/mol. The van der Waals surface area contributed by atoms with Crippen LogP contribution in [-0.2, 0) is 14.6 Å². The molecule has 19 heavy (non-hydrogen) atoms. The molecule has 2 rings (SSSR count). The Labute approximate surface area is 120 Å². The quantitative estimate of drug-likeness (QED) is 0.808. The summed E-state index contributed by atoms with van der Waals surface area (Å²) in [6.45, 7) is 2.17. The van der Waals surface area contributed by atoms with Gasteiger partial charge in [-0.05, 0) is 25.2 Å². The zero-order chi connectivity index (χ0) is 14.1. The molecule has 2 fully saturated rings. The van der Waals surface area contributed by atoms with E-state index in [4.69, 9.17) is 11.6 Å². The van der Waals surface area contributed by atoms with E-state index in [0.29, 0.717) is 18.2 Å². The lowest BCUT2D eigenvalue weighted by molar-refractivity contribution is -0.126. The van der Waals surface area contributed by atoms with Crippen LogP contribution in [0.25, 0.3) is 0 Å². The number of rotatable bonds is 3. The standard InChI is InChI=1S/C13H22ClNO3S/c1-10-3-2-5-13(7-10,9-14)15-12(16)11-4-6-19(17,18)8-11/h10-11H,2-9H2,1H3,(H,15,16). The van der Waals surface area contributed by atoms with Crippen molar-refractivity contribution in [2.45, 2.75) is 44.6 Å². The van der Waals surface area contributed by atoms with Gasteiger partial charge in [-0.15, -0.1) is 11.6 Å². The maximum Gasteiger partial charge on any atom is 0.224 e. The zero-order valence-corrected chi connectivity index (χ0v) is 12.9. The normalized spacial score (nSPS) is 38.0. The second-order valence-corrected chi connectivity index (χ2v) is 8.70. The van der Waals surface area contributed by atoms with E-state index in [1.807, 2.05) is 0 Å². The highest BCUT2D eigenvalue weighted by Crippen LogP contribution is 2.34. The predicted molar refractivity (Wildman–Crippen MR) is 76.0 cm³/mol. The predicted octanol–water partition coefficient (Wildman–Crippen LogP) is 1.72. The molecular weight excluding hydrogens is 286 g/mol. The summed E-state index contributed by atoms with van der Waals surface area (Å²) in [5, 5.41) is 3.06. The Morgan fingerprint density at radius 3 is 2.68 bits per heavy atom. The Kier molecular flexibility index (Phi) is 4.45. The van der Waals surface area contributed by atoms with Crippen LogP contribution in [0.15, 0.2) is 0 Å². The van der Waals surface area contributed by atoms with Gasteiger partial charge in [0.2, 0.25) is 5.91 Å². The first-order valence-electron chi connectivity index (χ1n) is 6.94. The highest BCUT2D eigenvalue weighted by Gasteiger charge is 2.39. The van der Waals surface area contributed by atoms with Gasteiger partial charge in [-0.2, -0.15) is 0 Å². The Morgan fingerprint density at radius 1 is 1.42 bits per heavy atom. The Bertz CT molecular complexity index is 451. The van der Waals surface area contributed by atoms with Crippen LogP contribution in [0.5, 0.6) is 0 Å². The first-order chi connectivity index (χ1) is 8.86. The van der Waals surface area contributed by atoms with E-state index >= 15 is 0 Å². The smallest absolute Gasteiger partial charge is 0.224 e. The van der Waals surface area contributed by atoms with Crippen molar-refractivity contribution in [3.8, 4) is 0 Å². The van der Waals surface area contributed by atoms with Gasteiger partial charge in [0.15, 0.2) is 9.84 Å². The summed E-state index contributed by atoms with van der Waals surface area (Å²) in [6.07, 6.45) is 4.47. The number of amides is 1. The average Bonchev–Trinajstić information content (AvgIpc) is 2.70. The van der Waals surface area contributed by atoms with E-state index < -0.39 is 9.84 Å². The maximum absolute atomic E-state index is 12.2. The summed E-state index contributed by atoms with van der Waals surface area (Å²) in [4.78, 5) is 12.2. The van der Waals surface area contributed by atoms with E-state index in [1.165, 1.54) is 6.42 Å². The van der Waals surface area contributed by atoms with E-state index in [0.717, 1.165) is 19.3 Å². The molecule has 110 valence electrons. The van der Waals surface area contributed by atoms with Gasteiger partial charge in [-0.25, -0.2) is 8.42 Å². The molecule has 0 radical (unpaired) electrons.